The van der Waals surface area contributed by atoms with Crippen molar-refractivity contribution in [2.24, 2.45) is 5.92 Å². The van der Waals surface area contributed by atoms with Crippen molar-refractivity contribution in [3.63, 3.8) is 0 Å². The lowest BCUT2D eigenvalue weighted by molar-refractivity contribution is 0.0529. The average Bonchev–Trinajstić information content (AvgIpc) is 2.49. The molecule has 0 aromatic carbocycles. The maximum absolute atomic E-state index is 5.77. The predicted octanol–water partition coefficient (Wildman–Crippen LogP) is 1.81. The first-order valence-electron chi connectivity index (χ1n) is 8.86. The molecule has 0 aromatic heterocycles. The lowest BCUT2D eigenvalue weighted by Crippen LogP contribution is -2.58. The molecule has 4 heteroatoms. The van der Waals surface area contributed by atoms with E-state index in [2.05, 4.69) is 36.1 Å². The average molecular weight is 297 g/mol. The number of hydrogen-bond acceptors (Lipinski definition) is 4. The largest absolute Gasteiger partial charge is 0.379 e. The Labute approximate surface area is 131 Å². The molecule has 1 heterocycles. The third kappa shape index (κ3) is 5.85. The molecule has 2 rings (SSSR count). The van der Waals surface area contributed by atoms with E-state index in [1.165, 1.54) is 38.6 Å². The summed E-state index contributed by atoms with van der Waals surface area (Å²) in [6.45, 7) is 8.50. The first-order chi connectivity index (χ1) is 10.2. The lowest BCUT2D eigenvalue weighted by Gasteiger charge is -2.42. The van der Waals surface area contributed by atoms with Gasteiger partial charge >= 0.3 is 0 Å². The Balaban J connectivity index is 1.68. The van der Waals surface area contributed by atoms with E-state index >= 15 is 0 Å². The van der Waals surface area contributed by atoms with Crippen molar-refractivity contribution in [2.75, 3.05) is 53.5 Å². The van der Waals surface area contributed by atoms with Crippen molar-refractivity contribution in [3.05, 3.63) is 0 Å². The standard InChI is InChI=1S/C17H35N3O/c1-15-13-18-17(16-7-5-4-6-8-16)14-20(15)10-12-21-11-9-19(2)3/h15-18H,4-14H2,1-3H3. The molecule has 0 amide bonds. The topological polar surface area (TPSA) is 27.7 Å². The highest BCUT2D eigenvalue weighted by Gasteiger charge is 2.30. The van der Waals surface area contributed by atoms with Crippen molar-refractivity contribution in [1.82, 2.24) is 15.1 Å². The number of piperazine rings is 1. The van der Waals surface area contributed by atoms with E-state index in [1.807, 2.05) is 0 Å². The molecule has 1 saturated carbocycles. The summed E-state index contributed by atoms with van der Waals surface area (Å²) in [6.07, 6.45) is 7.18. The highest BCUT2D eigenvalue weighted by atomic mass is 16.5. The van der Waals surface area contributed by atoms with Gasteiger partial charge in [-0.05, 0) is 39.8 Å². The normalized spacial score (nSPS) is 29.1. The molecule has 124 valence electrons. The van der Waals surface area contributed by atoms with Gasteiger partial charge < -0.3 is 15.0 Å². The van der Waals surface area contributed by atoms with Crippen molar-refractivity contribution in [3.8, 4) is 0 Å². The summed E-state index contributed by atoms with van der Waals surface area (Å²) in [7, 11) is 4.19. The van der Waals surface area contributed by atoms with Crippen LogP contribution in [0.2, 0.25) is 0 Å². The zero-order chi connectivity index (χ0) is 15.1. The molecule has 0 radical (unpaired) electrons. The molecule has 2 unspecified atom stereocenters. The number of hydrogen-bond donors (Lipinski definition) is 1. The van der Waals surface area contributed by atoms with Crippen LogP contribution in [-0.2, 0) is 4.74 Å². The van der Waals surface area contributed by atoms with Gasteiger partial charge in [0, 0.05) is 38.3 Å². The smallest absolute Gasteiger partial charge is 0.0594 e. The van der Waals surface area contributed by atoms with Gasteiger partial charge in [-0.25, -0.2) is 0 Å². The molecule has 0 spiro atoms. The molecule has 2 atom stereocenters. The Morgan fingerprint density at radius 3 is 2.62 bits per heavy atom. The van der Waals surface area contributed by atoms with Gasteiger partial charge in [0.25, 0.3) is 0 Å². The molecular weight excluding hydrogens is 262 g/mol. The Kier molecular flexibility index (Phi) is 7.44. The summed E-state index contributed by atoms with van der Waals surface area (Å²) in [6, 6.07) is 1.35. The summed E-state index contributed by atoms with van der Waals surface area (Å²) < 4.78 is 5.77. The number of likely N-dealkylation sites (N-methyl/N-ethyl adjacent to an activating group) is 1. The van der Waals surface area contributed by atoms with Crippen molar-refractivity contribution in [1.29, 1.82) is 0 Å². The minimum absolute atomic E-state index is 0.641. The van der Waals surface area contributed by atoms with Gasteiger partial charge in [-0.3, -0.25) is 4.90 Å². The van der Waals surface area contributed by atoms with Crippen LogP contribution >= 0.6 is 0 Å². The molecule has 1 N–H and O–H groups in total. The van der Waals surface area contributed by atoms with E-state index in [9.17, 15) is 0 Å². The van der Waals surface area contributed by atoms with Gasteiger partial charge in [-0.2, -0.15) is 0 Å². The highest BCUT2D eigenvalue weighted by Crippen LogP contribution is 2.28. The fourth-order valence-corrected chi connectivity index (χ4v) is 3.64. The molecule has 2 fully saturated rings. The van der Waals surface area contributed by atoms with Crippen LogP contribution in [0.1, 0.15) is 39.0 Å². The fraction of sp³-hybridized carbons (Fsp3) is 1.00. The lowest BCUT2D eigenvalue weighted by atomic mass is 9.82. The van der Waals surface area contributed by atoms with Crippen molar-refractivity contribution < 1.29 is 4.74 Å². The maximum atomic E-state index is 5.77. The molecule has 21 heavy (non-hydrogen) atoms. The zero-order valence-electron chi connectivity index (χ0n) is 14.3. The number of rotatable bonds is 7. The van der Waals surface area contributed by atoms with E-state index in [1.54, 1.807) is 0 Å². The minimum atomic E-state index is 0.641. The quantitative estimate of drug-likeness (QED) is 0.725. The van der Waals surface area contributed by atoms with E-state index < -0.39 is 0 Å². The number of ether oxygens (including phenoxy) is 1. The van der Waals surface area contributed by atoms with Crippen LogP contribution < -0.4 is 5.32 Å². The monoisotopic (exact) mass is 297 g/mol. The molecule has 1 aliphatic carbocycles. The molecule has 4 nitrogen and oxygen atoms in total. The summed E-state index contributed by atoms with van der Waals surface area (Å²) in [4.78, 5) is 4.80. The number of nitrogens with one attached hydrogen (secondary N) is 1. The van der Waals surface area contributed by atoms with Gasteiger partial charge in [0.05, 0.1) is 13.2 Å². The molecular formula is C17H35N3O. The summed E-state index contributed by atoms with van der Waals surface area (Å²) in [5.41, 5.74) is 0. The van der Waals surface area contributed by atoms with Crippen LogP contribution in [0.25, 0.3) is 0 Å². The van der Waals surface area contributed by atoms with Crippen LogP contribution in [0.5, 0.6) is 0 Å². The van der Waals surface area contributed by atoms with Crippen LogP contribution in [0.4, 0.5) is 0 Å². The molecule has 1 aliphatic heterocycles. The SMILES string of the molecule is CC1CNC(C2CCCCC2)CN1CCOCCN(C)C. The third-order valence-electron chi connectivity index (χ3n) is 5.15. The van der Waals surface area contributed by atoms with E-state index in [0.717, 1.165) is 38.8 Å². The van der Waals surface area contributed by atoms with Gasteiger partial charge in [-0.1, -0.05) is 19.3 Å². The second kappa shape index (κ2) is 9.09. The Bertz CT molecular complexity index is 279. The van der Waals surface area contributed by atoms with E-state index in [0.29, 0.717) is 12.1 Å². The molecule has 2 aliphatic rings. The molecule has 0 aromatic rings. The third-order valence-corrected chi connectivity index (χ3v) is 5.15. The van der Waals surface area contributed by atoms with Crippen LogP contribution in [-0.4, -0.2) is 75.4 Å². The minimum Gasteiger partial charge on any atom is -0.379 e. The predicted molar refractivity (Wildman–Crippen MR) is 88.8 cm³/mol. The van der Waals surface area contributed by atoms with Crippen LogP contribution in [0.15, 0.2) is 0 Å². The van der Waals surface area contributed by atoms with Gasteiger partial charge in [-0.15, -0.1) is 0 Å². The molecule has 1 saturated heterocycles. The van der Waals surface area contributed by atoms with Gasteiger partial charge in [0.2, 0.25) is 0 Å². The molecule has 0 bridgehead atoms. The van der Waals surface area contributed by atoms with Crippen LogP contribution in [0, 0.1) is 5.92 Å². The van der Waals surface area contributed by atoms with E-state index in [-0.39, 0.29) is 0 Å². The van der Waals surface area contributed by atoms with Gasteiger partial charge in [0.15, 0.2) is 0 Å². The second-order valence-corrected chi connectivity index (χ2v) is 7.17. The zero-order valence-corrected chi connectivity index (χ0v) is 14.3. The second-order valence-electron chi connectivity index (χ2n) is 7.17. The summed E-state index contributed by atoms with van der Waals surface area (Å²) in [5, 5.41) is 3.80. The van der Waals surface area contributed by atoms with Gasteiger partial charge in [0.1, 0.15) is 0 Å². The maximum Gasteiger partial charge on any atom is 0.0594 e. The first kappa shape index (κ1) is 17.2. The van der Waals surface area contributed by atoms with Crippen molar-refractivity contribution >= 4 is 0 Å². The Morgan fingerprint density at radius 2 is 1.90 bits per heavy atom. The summed E-state index contributed by atoms with van der Waals surface area (Å²) >= 11 is 0. The van der Waals surface area contributed by atoms with Crippen molar-refractivity contribution in [2.45, 2.75) is 51.1 Å². The Morgan fingerprint density at radius 1 is 1.14 bits per heavy atom. The van der Waals surface area contributed by atoms with Crippen LogP contribution in [0.3, 0.4) is 0 Å². The summed E-state index contributed by atoms with van der Waals surface area (Å²) in [5.74, 6) is 0.906. The van der Waals surface area contributed by atoms with E-state index in [4.69, 9.17) is 4.74 Å². The number of nitrogens with zero attached hydrogens (tertiary/aromatic N) is 2. The Hall–Kier alpha value is -0.160. The first-order valence-corrected chi connectivity index (χ1v) is 8.86. The highest BCUT2D eigenvalue weighted by molar-refractivity contribution is 4.89. The fourth-order valence-electron chi connectivity index (χ4n) is 3.64.